The zero-order chi connectivity index (χ0) is 10.4. The molecular weight excluding hydrogens is 221 g/mol. The van der Waals surface area contributed by atoms with Gasteiger partial charge in [-0.05, 0) is 17.9 Å². The van der Waals surface area contributed by atoms with Gasteiger partial charge < -0.3 is 5.32 Å². The molecule has 0 saturated heterocycles. The highest BCUT2D eigenvalue weighted by molar-refractivity contribution is 7.98. The van der Waals surface area contributed by atoms with Gasteiger partial charge in [-0.1, -0.05) is 23.7 Å². The standard InChI is InChI=1S/C10H13ClFNS/c1-14-6-5-13-7-8-3-2-4-9(12)10(8)11/h2-4,13H,5-7H2,1H3. The molecule has 4 heteroatoms. The summed E-state index contributed by atoms with van der Waals surface area (Å²) in [5, 5.41) is 3.42. The van der Waals surface area contributed by atoms with Crippen molar-refractivity contribution in [1.82, 2.24) is 5.32 Å². The predicted octanol–water partition coefficient (Wildman–Crippen LogP) is 2.93. The predicted molar refractivity (Wildman–Crippen MR) is 61.5 cm³/mol. The van der Waals surface area contributed by atoms with Gasteiger partial charge in [0, 0.05) is 18.8 Å². The Labute approximate surface area is 93.0 Å². The van der Waals surface area contributed by atoms with Crippen molar-refractivity contribution in [3.8, 4) is 0 Å². The summed E-state index contributed by atoms with van der Waals surface area (Å²) in [6.45, 7) is 1.53. The molecule has 0 amide bonds. The van der Waals surface area contributed by atoms with E-state index in [9.17, 15) is 4.39 Å². The molecule has 0 bridgehead atoms. The van der Waals surface area contributed by atoms with Gasteiger partial charge in [0.05, 0.1) is 5.02 Å². The highest BCUT2D eigenvalue weighted by atomic mass is 35.5. The van der Waals surface area contributed by atoms with Crippen LogP contribution in [0.2, 0.25) is 5.02 Å². The molecule has 0 radical (unpaired) electrons. The molecule has 14 heavy (non-hydrogen) atoms. The van der Waals surface area contributed by atoms with Crippen LogP contribution < -0.4 is 5.32 Å². The lowest BCUT2D eigenvalue weighted by atomic mass is 10.2. The molecule has 1 aromatic rings. The van der Waals surface area contributed by atoms with Crippen LogP contribution in [0.1, 0.15) is 5.56 Å². The second-order valence-corrected chi connectivity index (χ2v) is 4.25. The Hall–Kier alpha value is -0.250. The number of rotatable bonds is 5. The maximum absolute atomic E-state index is 13.0. The minimum Gasteiger partial charge on any atom is -0.312 e. The van der Waals surface area contributed by atoms with Gasteiger partial charge in [-0.25, -0.2) is 4.39 Å². The molecule has 0 aromatic heterocycles. The number of halogens is 2. The summed E-state index contributed by atoms with van der Waals surface area (Å²) >= 11 is 7.56. The van der Waals surface area contributed by atoms with Crippen molar-refractivity contribution < 1.29 is 4.39 Å². The second kappa shape index (κ2) is 6.27. The average Bonchev–Trinajstić information content (AvgIpc) is 2.19. The molecule has 0 aliphatic rings. The molecule has 1 aromatic carbocycles. The highest BCUT2D eigenvalue weighted by Crippen LogP contribution is 2.19. The number of benzene rings is 1. The van der Waals surface area contributed by atoms with Crippen molar-refractivity contribution in [2.75, 3.05) is 18.6 Å². The lowest BCUT2D eigenvalue weighted by molar-refractivity contribution is 0.622. The van der Waals surface area contributed by atoms with Crippen LogP contribution in [0.15, 0.2) is 18.2 Å². The Balaban J connectivity index is 2.46. The molecule has 0 spiro atoms. The van der Waals surface area contributed by atoms with E-state index in [2.05, 4.69) is 11.6 Å². The van der Waals surface area contributed by atoms with E-state index in [0.717, 1.165) is 17.9 Å². The third kappa shape index (κ3) is 3.48. The summed E-state index contributed by atoms with van der Waals surface area (Å²) in [5.41, 5.74) is 0.813. The van der Waals surface area contributed by atoms with Gasteiger partial charge in [0.2, 0.25) is 0 Å². The van der Waals surface area contributed by atoms with Crippen molar-refractivity contribution in [3.63, 3.8) is 0 Å². The fourth-order valence-corrected chi connectivity index (χ4v) is 1.62. The molecule has 0 fully saturated rings. The summed E-state index contributed by atoms with van der Waals surface area (Å²) in [7, 11) is 0. The highest BCUT2D eigenvalue weighted by Gasteiger charge is 2.04. The lowest BCUT2D eigenvalue weighted by Crippen LogP contribution is -2.16. The van der Waals surface area contributed by atoms with Crippen molar-refractivity contribution in [2.24, 2.45) is 0 Å². The van der Waals surface area contributed by atoms with Crippen LogP contribution in [0.5, 0.6) is 0 Å². The number of hydrogen-bond acceptors (Lipinski definition) is 2. The van der Waals surface area contributed by atoms with Crippen LogP contribution in [0.25, 0.3) is 0 Å². The van der Waals surface area contributed by atoms with Gasteiger partial charge in [-0.3, -0.25) is 0 Å². The van der Waals surface area contributed by atoms with Crippen molar-refractivity contribution >= 4 is 23.4 Å². The molecule has 1 nitrogen and oxygen atoms in total. The van der Waals surface area contributed by atoms with Gasteiger partial charge in [0.15, 0.2) is 0 Å². The number of hydrogen-bond donors (Lipinski definition) is 1. The SMILES string of the molecule is CSCCNCc1cccc(F)c1Cl. The molecule has 0 saturated carbocycles. The molecule has 78 valence electrons. The van der Waals surface area contributed by atoms with Crippen LogP contribution in [0.4, 0.5) is 4.39 Å². The summed E-state index contributed by atoms with van der Waals surface area (Å²) in [6, 6.07) is 4.87. The molecular formula is C10H13ClFNS. The van der Waals surface area contributed by atoms with E-state index in [0.29, 0.717) is 6.54 Å². The van der Waals surface area contributed by atoms with E-state index in [-0.39, 0.29) is 10.8 Å². The van der Waals surface area contributed by atoms with E-state index in [1.807, 2.05) is 6.07 Å². The number of nitrogens with one attached hydrogen (secondary N) is 1. The minimum atomic E-state index is -0.351. The molecule has 0 atom stereocenters. The smallest absolute Gasteiger partial charge is 0.142 e. The van der Waals surface area contributed by atoms with Crippen LogP contribution >= 0.6 is 23.4 Å². The van der Waals surface area contributed by atoms with Gasteiger partial charge in [-0.15, -0.1) is 0 Å². The Morgan fingerprint density at radius 3 is 3.00 bits per heavy atom. The van der Waals surface area contributed by atoms with E-state index in [1.54, 1.807) is 17.8 Å². The summed E-state index contributed by atoms with van der Waals surface area (Å²) in [5.74, 6) is 0.697. The Morgan fingerprint density at radius 2 is 2.29 bits per heavy atom. The average molecular weight is 234 g/mol. The molecule has 1 N–H and O–H groups in total. The fourth-order valence-electron chi connectivity index (χ4n) is 1.08. The van der Waals surface area contributed by atoms with Gasteiger partial charge >= 0.3 is 0 Å². The first-order valence-electron chi connectivity index (χ1n) is 4.38. The van der Waals surface area contributed by atoms with Crippen molar-refractivity contribution in [2.45, 2.75) is 6.54 Å². The zero-order valence-corrected chi connectivity index (χ0v) is 9.59. The molecule has 0 heterocycles. The topological polar surface area (TPSA) is 12.0 Å². The Kier molecular flexibility index (Phi) is 5.30. The van der Waals surface area contributed by atoms with E-state index < -0.39 is 0 Å². The van der Waals surface area contributed by atoms with Crippen molar-refractivity contribution in [1.29, 1.82) is 0 Å². The fraction of sp³-hybridized carbons (Fsp3) is 0.400. The van der Waals surface area contributed by atoms with Crippen molar-refractivity contribution in [3.05, 3.63) is 34.6 Å². The zero-order valence-electron chi connectivity index (χ0n) is 8.02. The van der Waals surface area contributed by atoms with E-state index in [4.69, 9.17) is 11.6 Å². The second-order valence-electron chi connectivity index (χ2n) is 2.88. The molecule has 0 aliphatic heterocycles. The van der Waals surface area contributed by atoms with Crippen LogP contribution in [0, 0.1) is 5.82 Å². The molecule has 1 rings (SSSR count). The monoisotopic (exact) mass is 233 g/mol. The first-order chi connectivity index (χ1) is 6.75. The van der Waals surface area contributed by atoms with Gasteiger partial charge in [0.25, 0.3) is 0 Å². The third-order valence-corrected chi connectivity index (χ3v) is 2.87. The Bertz CT molecular complexity index is 293. The first-order valence-corrected chi connectivity index (χ1v) is 6.15. The molecule has 0 unspecified atom stereocenters. The Morgan fingerprint density at radius 1 is 1.50 bits per heavy atom. The van der Waals surface area contributed by atoms with E-state index >= 15 is 0 Å². The maximum Gasteiger partial charge on any atom is 0.142 e. The van der Waals surface area contributed by atoms with E-state index in [1.165, 1.54) is 6.07 Å². The number of thioether (sulfide) groups is 1. The summed E-state index contributed by atoms with van der Waals surface area (Å²) < 4.78 is 13.0. The largest absolute Gasteiger partial charge is 0.312 e. The normalized spacial score (nSPS) is 10.5. The first kappa shape index (κ1) is 11.8. The third-order valence-electron chi connectivity index (χ3n) is 1.83. The summed E-state index contributed by atoms with van der Waals surface area (Å²) in [4.78, 5) is 0. The van der Waals surface area contributed by atoms with Crippen LogP contribution in [0.3, 0.4) is 0 Å². The maximum atomic E-state index is 13.0. The summed E-state index contributed by atoms with van der Waals surface area (Å²) in [6.07, 6.45) is 2.05. The molecule has 0 aliphatic carbocycles. The quantitative estimate of drug-likeness (QED) is 0.785. The van der Waals surface area contributed by atoms with Gasteiger partial charge in [0.1, 0.15) is 5.82 Å². The minimum absolute atomic E-state index is 0.226. The lowest BCUT2D eigenvalue weighted by Gasteiger charge is -2.06. The van der Waals surface area contributed by atoms with Crippen LogP contribution in [-0.2, 0) is 6.54 Å². The van der Waals surface area contributed by atoms with Gasteiger partial charge in [-0.2, -0.15) is 11.8 Å². The van der Waals surface area contributed by atoms with Crippen LogP contribution in [-0.4, -0.2) is 18.6 Å².